The lowest BCUT2D eigenvalue weighted by atomic mass is 10.1. The molecule has 4 rings (SSSR count). The first-order valence-electron chi connectivity index (χ1n) is 12.4. The SMILES string of the molecule is CCN1CCN(c2ccc(NC(=O)c3cccc(S(=O)(=O)N4CCCCCC4)c3)cc2C)CC1. The number of amides is 1. The van der Waals surface area contributed by atoms with E-state index in [4.69, 9.17) is 0 Å². The number of carbonyl (C=O) groups excluding carboxylic acids is 1. The van der Waals surface area contributed by atoms with Gasteiger partial charge in [-0.15, -0.1) is 0 Å². The minimum absolute atomic E-state index is 0.180. The highest BCUT2D eigenvalue weighted by Gasteiger charge is 2.26. The molecule has 0 aliphatic carbocycles. The lowest BCUT2D eigenvalue weighted by Crippen LogP contribution is -2.46. The number of likely N-dealkylation sites (N-methyl/N-ethyl adjacent to an activating group) is 1. The van der Waals surface area contributed by atoms with Gasteiger partial charge in [0.1, 0.15) is 0 Å². The van der Waals surface area contributed by atoms with Crippen molar-refractivity contribution in [3.05, 3.63) is 53.6 Å². The third-order valence-corrected chi connectivity index (χ3v) is 8.81. The molecule has 0 bridgehead atoms. The van der Waals surface area contributed by atoms with Crippen molar-refractivity contribution < 1.29 is 13.2 Å². The van der Waals surface area contributed by atoms with E-state index in [0.29, 0.717) is 24.3 Å². The molecular weight excluding hydrogens is 448 g/mol. The summed E-state index contributed by atoms with van der Waals surface area (Å²) in [5.41, 5.74) is 3.35. The molecule has 2 fully saturated rings. The lowest BCUT2D eigenvalue weighted by molar-refractivity contribution is 0.102. The second-order valence-electron chi connectivity index (χ2n) is 9.22. The van der Waals surface area contributed by atoms with Crippen molar-refractivity contribution in [1.82, 2.24) is 9.21 Å². The van der Waals surface area contributed by atoms with Crippen LogP contribution in [-0.4, -0.2) is 69.3 Å². The molecule has 7 nitrogen and oxygen atoms in total. The zero-order valence-electron chi connectivity index (χ0n) is 20.3. The molecule has 2 heterocycles. The minimum atomic E-state index is -3.60. The fourth-order valence-electron chi connectivity index (χ4n) is 4.83. The Kier molecular flexibility index (Phi) is 7.91. The summed E-state index contributed by atoms with van der Waals surface area (Å²) < 4.78 is 27.8. The Labute approximate surface area is 203 Å². The van der Waals surface area contributed by atoms with Gasteiger partial charge in [0.2, 0.25) is 10.0 Å². The topological polar surface area (TPSA) is 73.0 Å². The summed E-state index contributed by atoms with van der Waals surface area (Å²) in [5, 5.41) is 2.94. The van der Waals surface area contributed by atoms with Crippen LogP contribution in [-0.2, 0) is 10.0 Å². The Bertz CT molecular complexity index is 1100. The maximum absolute atomic E-state index is 13.1. The molecule has 2 aliphatic heterocycles. The first-order chi connectivity index (χ1) is 16.4. The molecular formula is C26H36N4O3S. The number of piperazine rings is 1. The number of hydrogen-bond acceptors (Lipinski definition) is 5. The van der Waals surface area contributed by atoms with Crippen molar-refractivity contribution in [3.8, 4) is 0 Å². The van der Waals surface area contributed by atoms with Gasteiger partial charge in [-0.2, -0.15) is 4.31 Å². The molecule has 0 radical (unpaired) electrons. The summed E-state index contributed by atoms with van der Waals surface area (Å²) >= 11 is 0. The molecule has 8 heteroatoms. The highest BCUT2D eigenvalue weighted by molar-refractivity contribution is 7.89. The molecule has 0 saturated carbocycles. The predicted octanol–water partition coefficient (Wildman–Crippen LogP) is 3.95. The Morgan fingerprint density at radius 3 is 2.26 bits per heavy atom. The summed E-state index contributed by atoms with van der Waals surface area (Å²) in [5.74, 6) is -0.309. The maximum Gasteiger partial charge on any atom is 0.255 e. The third kappa shape index (κ3) is 5.62. The Morgan fingerprint density at radius 2 is 1.62 bits per heavy atom. The number of rotatable bonds is 6. The highest BCUT2D eigenvalue weighted by Crippen LogP contribution is 2.26. The average Bonchev–Trinajstić information content (AvgIpc) is 3.15. The van der Waals surface area contributed by atoms with Crippen LogP contribution in [0, 0.1) is 6.92 Å². The number of benzene rings is 2. The number of carbonyl (C=O) groups is 1. The summed E-state index contributed by atoms with van der Waals surface area (Å²) in [4.78, 5) is 18.0. The zero-order chi connectivity index (χ0) is 24.1. The smallest absolute Gasteiger partial charge is 0.255 e. The largest absolute Gasteiger partial charge is 0.369 e. The Hall–Kier alpha value is -2.42. The van der Waals surface area contributed by atoms with Crippen molar-refractivity contribution in [3.63, 3.8) is 0 Å². The van der Waals surface area contributed by atoms with Crippen LogP contribution in [0.15, 0.2) is 47.4 Å². The van der Waals surface area contributed by atoms with Gasteiger partial charge in [-0.3, -0.25) is 4.79 Å². The molecule has 184 valence electrons. The molecule has 2 aromatic carbocycles. The van der Waals surface area contributed by atoms with Crippen LogP contribution in [0.5, 0.6) is 0 Å². The van der Waals surface area contributed by atoms with Gasteiger partial charge in [-0.25, -0.2) is 8.42 Å². The van der Waals surface area contributed by atoms with Gasteiger partial charge in [0.25, 0.3) is 5.91 Å². The summed E-state index contributed by atoms with van der Waals surface area (Å²) in [6.07, 6.45) is 3.87. The fraction of sp³-hybridized carbons (Fsp3) is 0.500. The van der Waals surface area contributed by atoms with Crippen molar-refractivity contribution in [2.75, 3.05) is 56.0 Å². The molecule has 1 amide bonds. The first kappa shape index (κ1) is 24.7. The van der Waals surface area contributed by atoms with E-state index in [0.717, 1.165) is 64.0 Å². The van der Waals surface area contributed by atoms with E-state index in [-0.39, 0.29) is 10.8 Å². The van der Waals surface area contributed by atoms with Gasteiger partial charge in [-0.05, 0) is 68.3 Å². The van der Waals surface area contributed by atoms with E-state index in [1.54, 1.807) is 22.5 Å². The van der Waals surface area contributed by atoms with Crippen molar-refractivity contribution >= 4 is 27.3 Å². The van der Waals surface area contributed by atoms with Gasteiger partial charge >= 0.3 is 0 Å². The number of sulfonamides is 1. The molecule has 2 aliphatic rings. The quantitative estimate of drug-likeness (QED) is 0.672. The van der Waals surface area contributed by atoms with Crippen molar-refractivity contribution in [2.45, 2.75) is 44.4 Å². The first-order valence-corrected chi connectivity index (χ1v) is 13.8. The average molecular weight is 485 g/mol. The molecule has 0 spiro atoms. The summed E-state index contributed by atoms with van der Waals surface area (Å²) in [7, 11) is -3.60. The molecule has 2 saturated heterocycles. The van der Waals surface area contributed by atoms with Crippen LogP contribution in [0.4, 0.5) is 11.4 Å². The number of nitrogens with one attached hydrogen (secondary N) is 1. The van der Waals surface area contributed by atoms with Gasteiger partial charge < -0.3 is 15.1 Å². The van der Waals surface area contributed by atoms with Gasteiger partial charge in [0, 0.05) is 56.2 Å². The monoisotopic (exact) mass is 484 g/mol. The van der Waals surface area contributed by atoms with Gasteiger partial charge in [0.15, 0.2) is 0 Å². The van der Waals surface area contributed by atoms with Crippen LogP contribution in [0.3, 0.4) is 0 Å². The molecule has 2 aromatic rings. The summed E-state index contributed by atoms with van der Waals surface area (Å²) in [6.45, 7) is 10.5. The maximum atomic E-state index is 13.1. The second kappa shape index (κ2) is 10.9. The summed E-state index contributed by atoms with van der Waals surface area (Å²) in [6, 6.07) is 12.3. The standard InChI is InChI=1S/C26H36N4O3S/c1-3-28-15-17-29(18-16-28)25-12-11-23(19-21(25)2)27-26(31)22-9-8-10-24(20-22)34(32,33)30-13-6-4-5-7-14-30/h8-12,19-20H,3-7,13-18H2,1-2H3,(H,27,31). The van der Waals surface area contributed by atoms with Crippen LogP contribution >= 0.6 is 0 Å². The molecule has 1 N–H and O–H groups in total. The fourth-order valence-corrected chi connectivity index (χ4v) is 6.39. The van der Waals surface area contributed by atoms with Crippen molar-refractivity contribution in [1.29, 1.82) is 0 Å². The van der Waals surface area contributed by atoms with E-state index in [2.05, 4.69) is 35.0 Å². The highest BCUT2D eigenvalue weighted by atomic mass is 32.2. The number of anilines is 2. The molecule has 0 atom stereocenters. The molecule has 0 unspecified atom stereocenters. The lowest BCUT2D eigenvalue weighted by Gasteiger charge is -2.36. The Balaban J connectivity index is 1.45. The van der Waals surface area contributed by atoms with E-state index in [1.165, 1.54) is 11.8 Å². The van der Waals surface area contributed by atoms with Crippen LogP contribution in [0.25, 0.3) is 0 Å². The number of hydrogen-bond donors (Lipinski definition) is 1. The van der Waals surface area contributed by atoms with Crippen molar-refractivity contribution in [2.24, 2.45) is 0 Å². The van der Waals surface area contributed by atoms with E-state index in [9.17, 15) is 13.2 Å². The van der Waals surface area contributed by atoms with E-state index >= 15 is 0 Å². The number of aryl methyl sites for hydroxylation is 1. The number of nitrogens with zero attached hydrogens (tertiary/aromatic N) is 3. The molecule has 0 aromatic heterocycles. The van der Waals surface area contributed by atoms with Crippen LogP contribution in [0.2, 0.25) is 0 Å². The second-order valence-corrected chi connectivity index (χ2v) is 11.2. The van der Waals surface area contributed by atoms with Crippen LogP contribution in [0.1, 0.15) is 48.5 Å². The van der Waals surface area contributed by atoms with E-state index in [1.807, 2.05) is 12.1 Å². The van der Waals surface area contributed by atoms with Gasteiger partial charge in [0.05, 0.1) is 4.90 Å². The van der Waals surface area contributed by atoms with E-state index < -0.39 is 10.0 Å². The normalized spacial score (nSPS) is 18.5. The third-order valence-electron chi connectivity index (χ3n) is 6.91. The molecule has 34 heavy (non-hydrogen) atoms. The Morgan fingerprint density at radius 1 is 0.912 bits per heavy atom. The van der Waals surface area contributed by atoms with Gasteiger partial charge in [-0.1, -0.05) is 25.8 Å². The minimum Gasteiger partial charge on any atom is -0.369 e. The zero-order valence-corrected chi connectivity index (χ0v) is 21.1. The van der Waals surface area contributed by atoms with Crippen LogP contribution < -0.4 is 10.2 Å². The predicted molar refractivity (Wildman–Crippen MR) is 137 cm³/mol.